The van der Waals surface area contributed by atoms with Crippen LogP contribution in [0.5, 0.6) is 5.75 Å². The van der Waals surface area contributed by atoms with E-state index >= 15 is 0 Å². The average molecular weight is 452 g/mol. The number of ether oxygens (including phenoxy) is 1. The van der Waals surface area contributed by atoms with Crippen LogP contribution in [-0.2, 0) is 6.54 Å². The zero-order valence-electron chi connectivity index (χ0n) is 15.9. The molecule has 0 unspecified atom stereocenters. The summed E-state index contributed by atoms with van der Waals surface area (Å²) in [4.78, 5) is 21.4. The highest BCUT2D eigenvalue weighted by atomic mass is 79.9. The number of fused-ring (bicyclic) bond motifs is 1. The Labute approximate surface area is 175 Å². The van der Waals surface area contributed by atoms with Crippen LogP contribution in [0.15, 0.2) is 59.3 Å². The largest absolute Gasteiger partial charge is 0.497 e. The topological polar surface area (TPSA) is 81.9 Å². The minimum atomic E-state index is -0.297. The van der Waals surface area contributed by atoms with Crippen LogP contribution < -0.4 is 10.1 Å². The molecule has 1 amide bonds. The summed E-state index contributed by atoms with van der Waals surface area (Å²) in [5.41, 5.74) is 2.96. The van der Waals surface area contributed by atoms with Gasteiger partial charge in [0.25, 0.3) is 5.91 Å². The molecule has 0 aliphatic heterocycles. The van der Waals surface area contributed by atoms with Crippen LogP contribution in [0.4, 0.5) is 5.95 Å². The van der Waals surface area contributed by atoms with Gasteiger partial charge in [-0.1, -0.05) is 28.1 Å². The van der Waals surface area contributed by atoms with Gasteiger partial charge in [0.15, 0.2) is 0 Å². The maximum absolute atomic E-state index is 12.7. The first-order valence-electron chi connectivity index (χ1n) is 8.92. The van der Waals surface area contributed by atoms with Crippen molar-refractivity contribution < 1.29 is 9.53 Å². The van der Waals surface area contributed by atoms with Crippen molar-refractivity contribution in [1.82, 2.24) is 19.7 Å². The number of nitrogens with one attached hydrogen (secondary N) is 1. The number of halogens is 1. The van der Waals surface area contributed by atoms with Gasteiger partial charge in [-0.3, -0.25) is 15.1 Å². The van der Waals surface area contributed by atoms with Gasteiger partial charge in [-0.05, 0) is 42.8 Å². The molecule has 8 heteroatoms. The Bertz CT molecular complexity index is 1190. The highest BCUT2D eigenvalue weighted by molar-refractivity contribution is 9.10. The number of aromatic nitrogens is 4. The van der Waals surface area contributed by atoms with Crippen LogP contribution in [0.2, 0.25) is 0 Å². The van der Waals surface area contributed by atoms with Crippen LogP contribution in [0.3, 0.4) is 0 Å². The van der Waals surface area contributed by atoms with E-state index in [0.717, 1.165) is 26.7 Å². The Balaban J connectivity index is 1.51. The smallest absolute Gasteiger partial charge is 0.259 e. The van der Waals surface area contributed by atoms with E-state index in [0.29, 0.717) is 17.8 Å². The molecule has 0 saturated heterocycles. The minimum Gasteiger partial charge on any atom is -0.497 e. The lowest BCUT2D eigenvalue weighted by Gasteiger charge is -2.08. The second-order valence-electron chi connectivity index (χ2n) is 6.53. The zero-order chi connectivity index (χ0) is 20.4. The van der Waals surface area contributed by atoms with E-state index < -0.39 is 0 Å². The lowest BCUT2D eigenvalue weighted by molar-refractivity contribution is 0.102. The molecule has 4 aromatic rings. The summed E-state index contributed by atoms with van der Waals surface area (Å²) < 4.78 is 7.93. The molecular formula is C21H18BrN5O2. The van der Waals surface area contributed by atoms with E-state index in [4.69, 9.17) is 4.74 Å². The third-order valence-electron chi connectivity index (χ3n) is 4.48. The normalized spacial score (nSPS) is 10.9. The van der Waals surface area contributed by atoms with Gasteiger partial charge in [0.2, 0.25) is 5.95 Å². The molecule has 0 saturated carbocycles. The molecule has 0 atom stereocenters. The standard InChI is InChI=1S/C21H18BrN5O2/c1-13-18(9-15-5-8-17(29-2)10-19(15)24-13)20(28)25-21-23-12-27(26-21)11-14-3-6-16(22)7-4-14/h3-10,12H,11H2,1-2H3,(H,25,26,28). The summed E-state index contributed by atoms with van der Waals surface area (Å²) in [5.74, 6) is 0.678. The molecule has 0 aliphatic rings. The van der Waals surface area contributed by atoms with Crippen molar-refractivity contribution in [1.29, 1.82) is 0 Å². The SMILES string of the molecule is COc1ccc2cc(C(=O)Nc3ncn(Cc4ccc(Br)cc4)n3)c(C)nc2c1. The van der Waals surface area contributed by atoms with Crippen molar-refractivity contribution in [2.24, 2.45) is 0 Å². The number of rotatable bonds is 5. The van der Waals surface area contributed by atoms with Crippen molar-refractivity contribution in [3.05, 3.63) is 76.2 Å². The Morgan fingerprint density at radius 1 is 1.17 bits per heavy atom. The lowest BCUT2D eigenvalue weighted by atomic mass is 10.1. The number of aryl methyl sites for hydroxylation is 1. The Kier molecular flexibility index (Phi) is 5.26. The fourth-order valence-electron chi connectivity index (χ4n) is 2.97. The number of pyridine rings is 1. The lowest BCUT2D eigenvalue weighted by Crippen LogP contribution is -2.15. The maximum atomic E-state index is 12.7. The molecule has 0 aliphatic carbocycles. The van der Waals surface area contributed by atoms with Crippen molar-refractivity contribution >= 4 is 38.7 Å². The highest BCUT2D eigenvalue weighted by Crippen LogP contribution is 2.22. The molecule has 0 radical (unpaired) electrons. The number of benzene rings is 2. The summed E-state index contributed by atoms with van der Waals surface area (Å²) in [6, 6.07) is 15.3. The molecule has 2 aromatic heterocycles. The van der Waals surface area contributed by atoms with Gasteiger partial charge in [0.1, 0.15) is 12.1 Å². The van der Waals surface area contributed by atoms with Gasteiger partial charge in [-0.15, -0.1) is 5.10 Å². The number of hydrogen-bond donors (Lipinski definition) is 1. The Morgan fingerprint density at radius 3 is 2.72 bits per heavy atom. The number of hydrogen-bond acceptors (Lipinski definition) is 5. The van der Waals surface area contributed by atoms with E-state index in [1.165, 1.54) is 0 Å². The van der Waals surface area contributed by atoms with Gasteiger partial charge >= 0.3 is 0 Å². The fourth-order valence-corrected chi connectivity index (χ4v) is 3.24. The second-order valence-corrected chi connectivity index (χ2v) is 7.44. The van der Waals surface area contributed by atoms with Crippen LogP contribution in [0.25, 0.3) is 10.9 Å². The monoisotopic (exact) mass is 451 g/mol. The van der Waals surface area contributed by atoms with E-state index in [2.05, 4.69) is 36.3 Å². The van der Waals surface area contributed by atoms with Crippen molar-refractivity contribution in [3.63, 3.8) is 0 Å². The molecule has 146 valence electrons. The number of carbonyl (C=O) groups excluding carboxylic acids is 1. The van der Waals surface area contributed by atoms with E-state index in [-0.39, 0.29) is 11.9 Å². The predicted molar refractivity (Wildman–Crippen MR) is 114 cm³/mol. The summed E-state index contributed by atoms with van der Waals surface area (Å²) >= 11 is 3.42. The van der Waals surface area contributed by atoms with Crippen LogP contribution >= 0.6 is 15.9 Å². The average Bonchev–Trinajstić information content (AvgIpc) is 3.15. The quantitative estimate of drug-likeness (QED) is 0.491. The van der Waals surface area contributed by atoms with E-state index in [1.54, 1.807) is 25.0 Å². The van der Waals surface area contributed by atoms with Gasteiger partial charge < -0.3 is 4.74 Å². The first kappa shape index (κ1) is 19.1. The van der Waals surface area contributed by atoms with E-state index in [1.807, 2.05) is 48.5 Å². The molecule has 2 aromatic carbocycles. The summed E-state index contributed by atoms with van der Waals surface area (Å²) in [7, 11) is 1.61. The highest BCUT2D eigenvalue weighted by Gasteiger charge is 2.14. The number of methoxy groups -OCH3 is 1. The zero-order valence-corrected chi connectivity index (χ0v) is 17.5. The predicted octanol–water partition coefficient (Wildman–Crippen LogP) is 4.21. The van der Waals surface area contributed by atoms with Gasteiger partial charge in [-0.2, -0.15) is 0 Å². The number of carbonyl (C=O) groups is 1. The van der Waals surface area contributed by atoms with Crippen LogP contribution in [0.1, 0.15) is 21.6 Å². The summed E-state index contributed by atoms with van der Waals surface area (Å²) in [5, 5.41) is 7.94. The molecule has 0 spiro atoms. The molecule has 29 heavy (non-hydrogen) atoms. The van der Waals surface area contributed by atoms with Crippen molar-refractivity contribution in [2.75, 3.05) is 12.4 Å². The number of amides is 1. The third kappa shape index (κ3) is 4.27. The fraction of sp³-hybridized carbons (Fsp3) is 0.143. The second kappa shape index (κ2) is 8.00. The summed E-state index contributed by atoms with van der Waals surface area (Å²) in [6.45, 7) is 2.36. The third-order valence-corrected chi connectivity index (χ3v) is 5.01. The summed E-state index contributed by atoms with van der Waals surface area (Å²) in [6.07, 6.45) is 1.59. The number of nitrogens with zero attached hydrogens (tertiary/aromatic N) is 4. The Hall–Kier alpha value is -3.26. The van der Waals surface area contributed by atoms with Gasteiger partial charge in [0.05, 0.1) is 30.4 Å². The molecule has 0 bridgehead atoms. The molecule has 2 heterocycles. The van der Waals surface area contributed by atoms with Crippen LogP contribution in [0, 0.1) is 6.92 Å². The van der Waals surface area contributed by atoms with Gasteiger partial charge in [-0.25, -0.2) is 9.67 Å². The van der Waals surface area contributed by atoms with Crippen molar-refractivity contribution in [3.8, 4) is 5.75 Å². The first-order chi connectivity index (χ1) is 14.0. The Morgan fingerprint density at radius 2 is 1.97 bits per heavy atom. The van der Waals surface area contributed by atoms with Crippen LogP contribution in [-0.4, -0.2) is 32.8 Å². The molecule has 1 N–H and O–H groups in total. The first-order valence-corrected chi connectivity index (χ1v) is 9.72. The molecule has 7 nitrogen and oxygen atoms in total. The number of anilines is 1. The van der Waals surface area contributed by atoms with E-state index in [9.17, 15) is 4.79 Å². The molecule has 4 rings (SSSR count). The minimum absolute atomic E-state index is 0.251. The molecule has 0 fully saturated rings. The van der Waals surface area contributed by atoms with Gasteiger partial charge in [0, 0.05) is 15.9 Å². The maximum Gasteiger partial charge on any atom is 0.259 e. The van der Waals surface area contributed by atoms with Crippen molar-refractivity contribution in [2.45, 2.75) is 13.5 Å². The molecular weight excluding hydrogens is 434 g/mol.